The first-order chi connectivity index (χ1) is 9.74. The predicted molar refractivity (Wildman–Crippen MR) is 78.2 cm³/mol. The Morgan fingerprint density at radius 2 is 2.33 bits per heavy atom. The van der Waals surface area contributed by atoms with E-state index in [0.29, 0.717) is 11.4 Å². The number of anilines is 1. The number of aromatic nitrogens is 3. The SMILES string of the molecule is Cl.O=C(Nc1ccc(-n2cncn2)c(F)c1)C1CCCN1. The van der Waals surface area contributed by atoms with Crippen LogP contribution in [0.15, 0.2) is 30.9 Å². The molecule has 1 fully saturated rings. The van der Waals surface area contributed by atoms with Crippen LogP contribution in [0.2, 0.25) is 0 Å². The maximum absolute atomic E-state index is 14.0. The average Bonchev–Trinajstić information content (AvgIpc) is 3.12. The van der Waals surface area contributed by atoms with Crippen LogP contribution >= 0.6 is 12.4 Å². The lowest BCUT2D eigenvalue weighted by Gasteiger charge is -2.12. The van der Waals surface area contributed by atoms with Crippen LogP contribution in [0.4, 0.5) is 10.1 Å². The first-order valence-corrected chi connectivity index (χ1v) is 6.43. The zero-order valence-corrected chi connectivity index (χ0v) is 11.9. The Labute approximate surface area is 127 Å². The summed E-state index contributed by atoms with van der Waals surface area (Å²) in [4.78, 5) is 15.7. The Balaban J connectivity index is 0.00000161. The lowest BCUT2D eigenvalue weighted by atomic mass is 10.2. The number of carbonyl (C=O) groups excluding carboxylic acids is 1. The maximum Gasteiger partial charge on any atom is 0.241 e. The van der Waals surface area contributed by atoms with Crippen LogP contribution in [0.5, 0.6) is 0 Å². The Bertz CT molecular complexity index is 613. The molecule has 1 aromatic heterocycles. The first-order valence-electron chi connectivity index (χ1n) is 6.43. The van der Waals surface area contributed by atoms with Gasteiger partial charge in [-0.1, -0.05) is 0 Å². The molecule has 0 aliphatic carbocycles. The van der Waals surface area contributed by atoms with E-state index >= 15 is 0 Å². The molecule has 0 radical (unpaired) electrons. The van der Waals surface area contributed by atoms with Crippen molar-refractivity contribution in [3.63, 3.8) is 0 Å². The largest absolute Gasteiger partial charge is 0.325 e. The van der Waals surface area contributed by atoms with E-state index in [1.54, 1.807) is 12.1 Å². The summed E-state index contributed by atoms with van der Waals surface area (Å²) in [7, 11) is 0. The van der Waals surface area contributed by atoms with Crippen LogP contribution in [-0.2, 0) is 4.79 Å². The molecule has 6 nitrogen and oxygen atoms in total. The van der Waals surface area contributed by atoms with Gasteiger partial charge in [-0.3, -0.25) is 4.79 Å². The van der Waals surface area contributed by atoms with E-state index in [4.69, 9.17) is 0 Å². The van der Waals surface area contributed by atoms with Crippen LogP contribution in [0, 0.1) is 5.82 Å². The number of halogens is 2. The van der Waals surface area contributed by atoms with Gasteiger partial charge in [0, 0.05) is 5.69 Å². The molecule has 3 rings (SSSR count). The summed E-state index contributed by atoms with van der Waals surface area (Å²) >= 11 is 0. The van der Waals surface area contributed by atoms with E-state index in [0.717, 1.165) is 19.4 Å². The van der Waals surface area contributed by atoms with Crippen LogP contribution in [0.1, 0.15) is 12.8 Å². The zero-order valence-electron chi connectivity index (χ0n) is 11.1. The van der Waals surface area contributed by atoms with Crippen LogP contribution < -0.4 is 10.6 Å². The highest BCUT2D eigenvalue weighted by Crippen LogP contribution is 2.18. The molecule has 2 aromatic rings. The number of amides is 1. The van der Waals surface area contributed by atoms with E-state index in [9.17, 15) is 9.18 Å². The van der Waals surface area contributed by atoms with Crippen molar-refractivity contribution in [1.82, 2.24) is 20.1 Å². The minimum absolute atomic E-state index is 0. The molecule has 21 heavy (non-hydrogen) atoms. The summed E-state index contributed by atoms with van der Waals surface area (Å²) in [6.45, 7) is 0.845. The van der Waals surface area contributed by atoms with Gasteiger partial charge in [-0.2, -0.15) is 5.10 Å². The monoisotopic (exact) mass is 311 g/mol. The number of hydrogen-bond donors (Lipinski definition) is 2. The Hall–Kier alpha value is -1.99. The van der Waals surface area contributed by atoms with Gasteiger partial charge in [0.05, 0.1) is 6.04 Å². The number of hydrogen-bond acceptors (Lipinski definition) is 4. The van der Waals surface area contributed by atoms with Crippen molar-refractivity contribution >= 4 is 24.0 Å². The number of rotatable bonds is 3. The molecule has 1 atom stereocenters. The second-order valence-electron chi connectivity index (χ2n) is 4.64. The average molecular weight is 312 g/mol. The molecule has 0 spiro atoms. The van der Waals surface area contributed by atoms with E-state index < -0.39 is 5.82 Å². The zero-order chi connectivity index (χ0) is 13.9. The third kappa shape index (κ3) is 3.37. The summed E-state index contributed by atoms with van der Waals surface area (Å²) in [6.07, 6.45) is 4.54. The Morgan fingerprint density at radius 3 is 2.95 bits per heavy atom. The van der Waals surface area contributed by atoms with Crippen LogP contribution in [0.3, 0.4) is 0 Å². The molecule has 1 aliphatic rings. The fourth-order valence-corrected chi connectivity index (χ4v) is 2.24. The molecule has 8 heteroatoms. The molecule has 1 amide bonds. The Kier molecular flexibility index (Phi) is 4.87. The molecular weight excluding hydrogens is 297 g/mol. The van der Waals surface area contributed by atoms with E-state index in [1.165, 1.54) is 23.4 Å². The predicted octanol–water partition coefficient (Wildman–Crippen LogP) is 1.52. The van der Waals surface area contributed by atoms with Crippen molar-refractivity contribution in [1.29, 1.82) is 0 Å². The molecule has 0 bridgehead atoms. The molecule has 1 aromatic carbocycles. The van der Waals surface area contributed by atoms with Gasteiger partial charge in [-0.05, 0) is 37.6 Å². The fourth-order valence-electron chi connectivity index (χ4n) is 2.24. The minimum Gasteiger partial charge on any atom is -0.325 e. The van der Waals surface area contributed by atoms with Crippen molar-refractivity contribution in [2.75, 3.05) is 11.9 Å². The topological polar surface area (TPSA) is 71.8 Å². The van der Waals surface area contributed by atoms with Gasteiger partial charge in [-0.25, -0.2) is 14.1 Å². The van der Waals surface area contributed by atoms with Crippen molar-refractivity contribution in [2.45, 2.75) is 18.9 Å². The third-order valence-electron chi connectivity index (χ3n) is 3.26. The number of benzene rings is 1. The third-order valence-corrected chi connectivity index (χ3v) is 3.26. The summed E-state index contributed by atoms with van der Waals surface area (Å²) in [5.41, 5.74) is 0.726. The molecule has 0 saturated carbocycles. The molecular formula is C13H15ClFN5O. The van der Waals surface area contributed by atoms with Gasteiger partial charge in [-0.15, -0.1) is 12.4 Å². The number of carbonyl (C=O) groups is 1. The molecule has 2 N–H and O–H groups in total. The van der Waals surface area contributed by atoms with Gasteiger partial charge in [0.1, 0.15) is 18.3 Å². The first kappa shape index (κ1) is 15.4. The normalized spacial score (nSPS) is 17.3. The fraction of sp³-hybridized carbons (Fsp3) is 0.308. The summed E-state index contributed by atoms with van der Waals surface area (Å²) < 4.78 is 15.3. The highest BCUT2D eigenvalue weighted by Gasteiger charge is 2.22. The van der Waals surface area contributed by atoms with Gasteiger partial charge >= 0.3 is 0 Å². The van der Waals surface area contributed by atoms with Gasteiger partial charge < -0.3 is 10.6 Å². The Morgan fingerprint density at radius 1 is 1.48 bits per heavy atom. The molecule has 1 aliphatic heterocycles. The smallest absolute Gasteiger partial charge is 0.241 e. The van der Waals surface area contributed by atoms with Gasteiger partial charge in [0.2, 0.25) is 5.91 Å². The van der Waals surface area contributed by atoms with Crippen molar-refractivity contribution < 1.29 is 9.18 Å². The van der Waals surface area contributed by atoms with Crippen molar-refractivity contribution in [3.05, 3.63) is 36.7 Å². The quantitative estimate of drug-likeness (QED) is 0.901. The highest BCUT2D eigenvalue weighted by molar-refractivity contribution is 5.95. The molecule has 2 heterocycles. The van der Waals surface area contributed by atoms with Gasteiger partial charge in [0.15, 0.2) is 5.82 Å². The molecule has 1 saturated heterocycles. The summed E-state index contributed by atoms with van der Waals surface area (Å²) in [5.74, 6) is -0.594. The van der Waals surface area contributed by atoms with Crippen molar-refractivity contribution in [2.24, 2.45) is 0 Å². The second kappa shape index (κ2) is 6.64. The standard InChI is InChI=1S/C13H14FN5O.ClH/c14-10-6-9(18-13(20)11-2-1-5-16-11)3-4-12(10)19-8-15-7-17-19;/h3-4,6-8,11,16H,1-2,5H2,(H,18,20);1H. The highest BCUT2D eigenvalue weighted by atomic mass is 35.5. The molecule has 1 unspecified atom stereocenters. The van der Waals surface area contributed by atoms with Gasteiger partial charge in [0.25, 0.3) is 0 Å². The lowest BCUT2D eigenvalue weighted by Crippen LogP contribution is -2.35. The summed E-state index contributed by atoms with van der Waals surface area (Å²) in [5, 5.41) is 9.68. The van der Waals surface area contributed by atoms with Crippen LogP contribution in [-0.4, -0.2) is 33.3 Å². The lowest BCUT2D eigenvalue weighted by molar-refractivity contribution is -0.117. The van der Waals surface area contributed by atoms with E-state index in [-0.39, 0.29) is 24.4 Å². The number of nitrogens with one attached hydrogen (secondary N) is 2. The summed E-state index contributed by atoms with van der Waals surface area (Å²) in [6, 6.07) is 4.30. The maximum atomic E-state index is 14.0. The van der Waals surface area contributed by atoms with Crippen molar-refractivity contribution in [3.8, 4) is 5.69 Å². The molecule has 112 valence electrons. The van der Waals surface area contributed by atoms with E-state index in [1.807, 2.05) is 0 Å². The second-order valence-corrected chi connectivity index (χ2v) is 4.64. The number of nitrogens with zero attached hydrogens (tertiary/aromatic N) is 3. The van der Waals surface area contributed by atoms with Crippen LogP contribution in [0.25, 0.3) is 5.69 Å². The minimum atomic E-state index is -0.465. The van der Waals surface area contributed by atoms with E-state index in [2.05, 4.69) is 20.7 Å².